The Hall–Kier alpha value is -1.88. The molecule has 0 saturated carbocycles. The van der Waals surface area contributed by atoms with Gasteiger partial charge in [0.15, 0.2) is 6.10 Å². The largest absolute Gasteiger partial charge is 0.481 e. The minimum atomic E-state index is -0.483. The Kier molecular flexibility index (Phi) is 6.45. The maximum Gasteiger partial charge on any atom is 0.260 e. The summed E-state index contributed by atoms with van der Waals surface area (Å²) in [5.41, 5.74) is 2.65. The first-order chi connectivity index (χ1) is 12.2. The van der Waals surface area contributed by atoms with Crippen molar-refractivity contribution in [2.24, 2.45) is 0 Å². The molecule has 25 heavy (non-hydrogen) atoms. The van der Waals surface area contributed by atoms with Crippen LogP contribution in [0.5, 0.6) is 5.75 Å². The summed E-state index contributed by atoms with van der Waals surface area (Å²) in [6.45, 7) is 2.44. The molecule has 0 bridgehead atoms. The molecule has 3 rings (SSSR count). The lowest BCUT2D eigenvalue weighted by molar-refractivity contribution is -0.127. The van der Waals surface area contributed by atoms with Crippen LogP contribution in [0.4, 0.5) is 0 Å². The smallest absolute Gasteiger partial charge is 0.260 e. The van der Waals surface area contributed by atoms with Crippen LogP contribution in [0.1, 0.15) is 36.7 Å². The number of hydrogen-bond acceptors (Lipinski definition) is 4. The first-order valence-corrected chi connectivity index (χ1v) is 10.0. The van der Waals surface area contributed by atoms with Crippen LogP contribution < -0.4 is 10.1 Å². The van der Waals surface area contributed by atoms with Crippen LogP contribution in [0.3, 0.4) is 0 Å². The molecular weight excluding hydrogens is 334 g/mol. The molecule has 2 aromatic rings. The molecule has 0 radical (unpaired) electrons. The van der Waals surface area contributed by atoms with Crippen molar-refractivity contribution in [3.8, 4) is 5.75 Å². The number of amides is 1. The summed E-state index contributed by atoms with van der Waals surface area (Å²) in [5.74, 6) is 3.44. The lowest BCUT2D eigenvalue weighted by Crippen LogP contribution is -2.37. The van der Waals surface area contributed by atoms with Crippen LogP contribution in [-0.4, -0.2) is 24.3 Å². The van der Waals surface area contributed by atoms with Crippen molar-refractivity contribution in [1.82, 2.24) is 5.32 Å². The molecule has 0 aliphatic heterocycles. The topological polar surface area (TPSA) is 51.5 Å². The zero-order valence-electron chi connectivity index (χ0n) is 14.6. The van der Waals surface area contributed by atoms with Crippen LogP contribution in [-0.2, 0) is 23.4 Å². The fourth-order valence-electron chi connectivity index (χ4n) is 3.06. The van der Waals surface area contributed by atoms with Crippen molar-refractivity contribution in [3.63, 3.8) is 0 Å². The van der Waals surface area contributed by atoms with Crippen LogP contribution in [0.2, 0.25) is 0 Å². The first-order valence-electron chi connectivity index (χ1n) is 8.89. The normalized spacial score (nSPS) is 14.6. The molecule has 1 heterocycles. The molecule has 1 atom stereocenters. The number of thioether (sulfide) groups is 1. The molecule has 0 fully saturated rings. The monoisotopic (exact) mass is 359 g/mol. The van der Waals surface area contributed by atoms with Gasteiger partial charge in [-0.25, -0.2) is 0 Å². The van der Waals surface area contributed by atoms with Crippen LogP contribution >= 0.6 is 11.8 Å². The molecule has 1 unspecified atom stereocenters. The van der Waals surface area contributed by atoms with Gasteiger partial charge in [0.25, 0.3) is 5.91 Å². The lowest BCUT2D eigenvalue weighted by Gasteiger charge is -2.22. The Bertz CT molecular complexity index is 684. The highest BCUT2D eigenvalue weighted by molar-refractivity contribution is 7.98. The third-order valence-electron chi connectivity index (χ3n) is 4.40. The number of aryl methyl sites for hydroxylation is 1. The maximum atomic E-state index is 12.2. The summed E-state index contributed by atoms with van der Waals surface area (Å²) in [6, 6.07) is 10.0. The first kappa shape index (κ1) is 17.9. The molecule has 1 aliphatic carbocycles. The summed E-state index contributed by atoms with van der Waals surface area (Å²) in [4.78, 5) is 12.2. The number of carbonyl (C=O) groups excluding carboxylic acids is 1. The van der Waals surface area contributed by atoms with E-state index >= 15 is 0 Å². The third kappa shape index (κ3) is 5.05. The molecule has 1 amide bonds. The van der Waals surface area contributed by atoms with E-state index in [9.17, 15) is 4.79 Å². The number of furan rings is 1. The van der Waals surface area contributed by atoms with Gasteiger partial charge in [-0.1, -0.05) is 12.1 Å². The van der Waals surface area contributed by atoms with Crippen molar-refractivity contribution in [1.29, 1.82) is 0 Å². The number of rotatable bonds is 8. The SMILES string of the molecule is CC(Oc1cccc2c1CCCC2)C(=O)NCCSCc1ccco1. The molecular formula is C20H25NO3S. The average Bonchev–Trinajstić information content (AvgIpc) is 3.15. The molecule has 1 N–H and O–H groups in total. The van der Waals surface area contributed by atoms with E-state index in [4.69, 9.17) is 9.15 Å². The summed E-state index contributed by atoms with van der Waals surface area (Å²) in [7, 11) is 0. The van der Waals surface area contributed by atoms with Gasteiger partial charge < -0.3 is 14.5 Å². The number of fused-ring (bicyclic) bond motifs is 1. The van der Waals surface area contributed by atoms with Gasteiger partial charge in [-0.2, -0.15) is 11.8 Å². The number of hydrogen-bond donors (Lipinski definition) is 1. The maximum absolute atomic E-state index is 12.2. The minimum absolute atomic E-state index is 0.0630. The zero-order chi connectivity index (χ0) is 17.5. The van der Waals surface area contributed by atoms with Gasteiger partial charge in [-0.15, -0.1) is 0 Å². The molecule has 134 valence electrons. The fraction of sp³-hybridized carbons (Fsp3) is 0.450. The van der Waals surface area contributed by atoms with Crippen LogP contribution in [0.15, 0.2) is 41.0 Å². The third-order valence-corrected chi connectivity index (χ3v) is 5.38. The highest BCUT2D eigenvalue weighted by Gasteiger charge is 2.19. The Morgan fingerprint density at radius 3 is 3.00 bits per heavy atom. The standard InChI is InChI=1S/C20H25NO3S/c1-15(20(22)21-11-13-25-14-17-8-5-12-23-17)24-19-10-4-7-16-6-2-3-9-18(16)19/h4-5,7-8,10,12,15H,2-3,6,9,11,13-14H2,1H3,(H,21,22). The van der Waals surface area contributed by atoms with E-state index < -0.39 is 6.10 Å². The Labute approximate surface area is 153 Å². The Balaban J connectivity index is 1.42. The van der Waals surface area contributed by atoms with Gasteiger partial charge in [0.05, 0.1) is 12.0 Å². The van der Waals surface area contributed by atoms with E-state index in [0.717, 1.165) is 35.9 Å². The van der Waals surface area contributed by atoms with Crippen molar-refractivity contribution >= 4 is 17.7 Å². The molecule has 4 nitrogen and oxygen atoms in total. The van der Waals surface area contributed by atoms with E-state index in [0.29, 0.717) is 6.54 Å². The van der Waals surface area contributed by atoms with Crippen LogP contribution in [0.25, 0.3) is 0 Å². The zero-order valence-corrected chi connectivity index (χ0v) is 15.4. The van der Waals surface area contributed by atoms with Gasteiger partial charge >= 0.3 is 0 Å². The summed E-state index contributed by atoms with van der Waals surface area (Å²) >= 11 is 1.74. The molecule has 5 heteroatoms. The minimum Gasteiger partial charge on any atom is -0.481 e. The Morgan fingerprint density at radius 1 is 1.28 bits per heavy atom. The van der Waals surface area contributed by atoms with Gasteiger partial charge in [-0.05, 0) is 61.9 Å². The van der Waals surface area contributed by atoms with Crippen molar-refractivity contribution in [2.45, 2.75) is 44.5 Å². The van der Waals surface area contributed by atoms with Gasteiger partial charge in [0.1, 0.15) is 11.5 Å². The van der Waals surface area contributed by atoms with Gasteiger partial charge in [0.2, 0.25) is 0 Å². The van der Waals surface area contributed by atoms with E-state index in [1.165, 1.54) is 24.0 Å². The second kappa shape index (κ2) is 8.99. The van der Waals surface area contributed by atoms with E-state index in [2.05, 4.69) is 11.4 Å². The predicted octanol–water partition coefficient (Wildman–Crippen LogP) is 3.98. The highest BCUT2D eigenvalue weighted by Crippen LogP contribution is 2.30. The number of ether oxygens (including phenoxy) is 1. The quantitative estimate of drug-likeness (QED) is 0.725. The second-order valence-corrected chi connectivity index (χ2v) is 7.39. The number of carbonyl (C=O) groups is 1. The van der Waals surface area contributed by atoms with Gasteiger partial charge in [0, 0.05) is 12.3 Å². The summed E-state index contributed by atoms with van der Waals surface area (Å²) in [5, 5.41) is 2.95. The van der Waals surface area contributed by atoms with E-state index in [1.807, 2.05) is 31.2 Å². The summed E-state index contributed by atoms with van der Waals surface area (Å²) < 4.78 is 11.2. The van der Waals surface area contributed by atoms with E-state index in [-0.39, 0.29) is 5.91 Å². The molecule has 1 aromatic heterocycles. The predicted molar refractivity (Wildman–Crippen MR) is 101 cm³/mol. The number of nitrogens with one attached hydrogen (secondary N) is 1. The molecule has 1 aromatic carbocycles. The van der Waals surface area contributed by atoms with E-state index in [1.54, 1.807) is 18.0 Å². The highest BCUT2D eigenvalue weighted by atomic mass is 32.2. The Morgan fingerprint density at radius 2 is 2.16 bits per heavy atom. The van der Waals surface area contributed by atoms with Gasteiger partial charge in [-0.3, -0.25) is 4.79 Å². The van der Waals surface area contributed by atoms with Crippen LogP contribution in [0, 0.1) is 0 Å². The molecule has 0 saturated heterocycles. The molecule has 1 aliphatic rings. The van der Waals surface area contributed by atoms with Crippen molar-refractivity contribution in [2.75, 3.05) is 12.3 Å². The fourth-order valence-corrected chi connectivity index (χ4v) is 3.81. The average molecular weight is 359 g/mol. The second-order valence-electron chi connectivity index (χ2n) is 6.28. The summed E-state index contributed by atoms with van der Waals surface area (Å²) in [6.07, 6.45) is 5.79. The molecule has 0 spiro atoms. The number of benzene rings is 1. The van der Waals surface area contributed by atoms with Crippen molar-refractivity contribution in [3.05, 3.63) is 53.5 Å². The van der Waals surface area contributed by atoms with Crippen molar-refractivity contribution < 1.29 is 13.9 Å². The lowest BCUT2D eigenvalue weighted by atomic mass is 9.91.